The van der Waals surface area contributed by atoms with E-state index in [9.17, 15) is 4.79 Å². The first-order valence-electron chi connectivity index (χ1n) is 6.01. The molecule has 1 aromatic heterocycles. The molecule has 17 heavy (non-hydrogen) atoms. The van der Waals surface area contributed by atoms with Gasteiger partial charge in [-0.2, -0.15) is 0 Å². The number of nitrogens with zero attached hydrogens (tertiary/aromatic N) is 2. The van der Waals surface area contributed by atoms with Crippen LogP contribution >= 0.6 is 11.3 Å². The van der Waals surface area contributed by atoms with Gasteiger partial charge in [-0.15, -0.1) is 11.3 Å². The van der Waals surface area contributed by atoms with Crippen molar-refractivity contribution < 1.29 is 4.79 Å². The van der Waals surface area contributed by atoms with Crippen molar-refractivity contribution in [2.75, 3.05) is 20.1 Å². The van der Waals surface area contributed by atoms with Crippen LogP contribution in [0.1, 0.15) is 23.5 Å². The summed E-state index contributed by atoms with van der Waals surface area (Å²) in [5, 5.41) is 5.97. The Hall–Kier alpha value is -0.940. The summed E-state index contributed by atoms with van der Waals surface area (Å²) in [5.74, 6) is 0.665. The lowest BCUT2D eigenvalue weighted by atomic mass is 10.1. The molecule has 1 fully saturated rings. The van der Waals surface area contributed by atoms with Crippen molar-refractivity contribution in [2.45, 2.75) is 26.3 Å². The zero-order chi connectivity index (χ0) is 12.3. The fourth-order valence-electron chi connectivity index (χ4n) is 2.25. The molecule has 94 valence electrons. The Morgan fingerprint density at radius 1 is 1.71 bits per heavy atom. The van der Waals surface area contributed by atoms with Crippen LogP contribution < -0.4 is 5.32 Å². The van der Waals surface area contributed by atoms with Gasteiger partial charge in [-0.05, 0) is 25.8 Å². The van der Waals surface area contributed by atoms with Gasteiger partial charge in [-0.25, -0.2) is 4.98 Å². The van der Waals surface area contributed by atoms with Gasteiger partial charge in [0.15, 0.2) is 0 Å². The Morgan fingerprint density at radius 2 is 2.53 bits per heavy atom. The van der Waals surface area contributed by atoms with Crippen LogP contribution in [0.25, 0.3) is 0 Å². The maximum atomic E-state index is 11.3. The molecule has 1 aliphatic heterocycles. The van der Waals surface area contributed by atoms with Gasteiger partial charge in [-0.1, -0.05) is 0 Å². The molecule has 0 bridgehead atoms. The van der Waals surface area contributed by atoms with E-state index in [1.54, 1.807) is 18.4 Å². The van der Waals surface area contributed by atoms with Gasteiger partial charge in [0.2, 0.25) is 5.91 Å². The first-order chi connectivity index (χ1) is 8.17. The Bertz CT molecular complexity index is 391. The summed E-state index contributed by atoms with van der Waals surface area (Å²) in [4.78, 5) is 18.2. The third-order valence-electron chi connectivity index (χ3n) is 3.15. The van der Waals surface area contributed by atoms with Crippen molar-refractivity contribution in [3.8, 4) is 0 Å². The zero-order valence-corrected chi connectivity index (χ0v) is 11.2. The zero-order valence-electron chi connectivity index (χ0n) is 10.4. The molecule has 0 spiro atoms. The molecule has 2 heterocycles. The van der Waals surface area contributed by atoms with Gasteiger partial charge >= 0.3 is 0 Å². The number of nitrogens with one attached hydrogen (secondary N) is 1. The number of carbonyl (C=O) groups excluding carboxylic acids is 1. The number of hydrogen-bond acceptors (Lipinski definition) is 4. The molecule has 2 rings (SSSR count). The first-order valence-corrected chi connectivity index (χ1v) is 6.89. The highest BCUT2D eigenvalue weighted by Gasteiger charge is 2.24. The molecule has 0 aliphatic carbocycles. The maximum absolute atomic E-state index is 11.3. The minimum absolute atomic E-state index is 0.155. The molecular weight excluding hydrogens is 234 g/mol. The van der Waals surface area contributed by atoms with Gasteiger partial charge in [0.25, 0.3) is 0 Å². The number of aryl methyl sites for hydroxylation is 1. The van der Waals surface area contributed by atoms with Crippen molar-refractivity contribution in [1.82, 2.24) is 15.2 Å². The topological polar surface area (TPSA) is 45.2 Å². The van der Waals surface area contributed by atoms with E-state index in [2.05, 4.69) is 20.6 Å². The van der Waals surface area contributed by atoms with E-state index in [1.165, 1.54) is 5.01 Å². The lowest BCUT2D eigenvalue weighted by Gasteiger charge is -2.13. The molecule has 1 unspecified atom stereocenters. The minimum Gasteiger partial charge on any atom is -0.359 e. The fourth-order valence-corrected chi connectivity index (χ4v) is 3.07. The molecule has 1 amide bonds. The van der Waals surface area contributed by atoms with Gasteiger partial charge < -0.3 is 5.32 Å². The third kappa shape index (κ3) is 3.51. The Kier molecular flexibility index (Phi) is 4.12. The van der Waals surface area contributed by atoms with Crippen LogP contribution in [0.4, 0.5) is 0 Å². The number of rotatable bonds is 4. The van der Waals surface area contributed by atoms with Gasteiger partial charge in [0.1, 0.15) is 5.01 Å². The summed E-state index contributed by atoms with van der Waals surface area (Å²) in [5.41, 5.74) is 1.10. The Labute approximate surface area is 106 Å². The average molecular weight is 253 g/mol. The summed E-state index contributed by atoms with van der Waals surface area (Å²) in [6.07, 6.45) is 1.78. The average Bonchev–Trinajstić information content (AvgIpc) is 2.89. The van der Waals surface area contributed by atoms with Crippen molar-refractivity contribution >= 4 is 17.2 Å². The smallest absolute Gasteiger partial charge is 0.220 e. The highest BCUT2D eigenvalue weighted by atomic mass is 32.1. The number of aromatic nitrogens is 1. The maximum Gasteiger partial charge on any atom is 0.220 e. The second-order valence-electron chi connectivity index (χ2n) is 4.65. The van der Waals surface area contributed by atoms with E-state index in [0.717, 1.165) is 31.7 Å². The molecular formula is C12H19N3OS. The predicted octanol–water partition coefficient (Wildman–Crippen LogP) is 1.41. The Morgan fingerprint density at radius 3 is 3.18 bits per heavy atom. The summed E-state index contributed by atoms with van der Waals surface area (Å²) in [6.45, 7) is 5.06. The summed E-state index contributed by atoms with van der Waals surface area (Å²) in [7, 11) is 1.70. The van der Waals surface area contributed by atoms with Crippen LogP contribution in [0.2, 0.25) is 0 Å². The summed E-state index contributed by atoms with van der Waals surface area (Å²) >= 11 is 1.72. The molecule has 0 aromatic carbocycles. The van der Waals surface area contributed by atoms with Gasteiger partial charge in [0, 0.05) is 31.1 Å². The lowest BCUT2D eigenvalue weighted by molar-refractivity contribution is -0.121. The van der Waals surface area contributed by atoms with Crippen LogP contribution in [-0.4, -0.2) is 35.9 Å². The Balaban J connectivity index is 1.80. The highest BCUT2D eigenvalue weighted by Crippen LogP contribution is 2.22. The largest absolute Gasteiger partial charge is 0.359 e. The normalized spacial score (nSPS) is 20.7. The van der Waals surface area contributed by atoms with Crippen molar-refractivity contribution in [3.63, 3.8) is 0 Å². The molecule has 1 saturated heterocycles. The van der Waals surface area contributed by atoms with Gasteiger partial charge in [0.05, 0.1) is 6.54 Å². The quantitative estimate of drug-likeness (QED) is 0.882. The van der Waals surface area contributed by atoms with Crippen LogP contribution in [0, 0.1) is 12.8 Å². The summed E-state index contributed by atoms with van der Waals surface area (Å²) in [6, 6.07) is 0. The van der Waals surface area contributed by atoms with E-state index in [1.807, 2.05) is 6.92 Å². The minimum atomic E-state index is 0.155. The second kappa shape index (κ2) is 5.60. The van der Waals surface area contributed by atoms with Crippen LogP contribution in [0.3, 0.4) is 0 Å². The third-order valence-corrected chi connectivity index (χ3v) is 4.10. The van der Waals surface area contributed by atoms with E-state index >= 15 is 0 Å². The summed E-state index contributed by atoms with van der Waals surface area (Å²) < 4.78 is 0. The number of amides is 1. The van der Waals surface area contributed by atoms with E-state index in [4.69, 9.17) is 0 Å². The number of thiazole rings is 1. The standard InChI is InChI=1S/C12H19N3OS/c1-9-8-17-12(14-9)7-15-4-3-10(6-15)5-11(16)13-2/h8,10H,3-7H2,1-2H3,(H,13,16). The van der Waals surface area contributed by atoms with Crippen molar-refractivity contribution in [3.05, 3.63) is 16.1 Å². The monoisotopic (exact) mass is 253 g/mol. The van der Waals surface area contributed by atoms with E-state index in [0.29, 0.717) is 12.3 Å². The van der Waals surface area contributed by atoms with Gasteiger partial charge in [-0.3, -0.25) is 9.69 Å². The number of hydrogen-bond donors (Lipinski definition) is 1. The van der Waals surface area contributed by atoms with Crippen LogP contribution in [-0.2, 0) is 11.3 Å². The van der Waals surface area contributed by atoms with Crippen LogP contribution in [0.5, 0.6) is 0 Å². The predicted molar refractivity (Wildman–Crippen MR) is 68.9 cm³/mol. The highest BCUT2D eigenvalue weighted by molar-refractivity contribution is 7.09. The fraction of sp³-hybridized carbons (Fsp3) is 0.667. The van der Waals surface area contributed by atoms with E-state index < -0.39 is 0 Å². The molecule has 1 aromatic rings. The van der Waals surface area contributed by atoms with E-state index in [-0.39, 0.29) is 5.91 Å². The SMILES string of the molecule is CNC(=O)CC1CCN(Cc2nc(C)cs2)C1. The molecule has 0 radical (unpaired) electrons. The van der Waals surface area contributed by atoms with Crippen molar-refractivity contribution in [2.24, 2.45) is 5.92 Å². The van der Waals surface area contributed by atoms with Crippen molar-refractivity contribution in [1.29, 1.82) is 0 Å². The molecule has 0 saturated carbocycles. The molecule has 1 N–H and O–H groups in total. The number of likely N-dealkylation sites (tertiary alicyclic amines) is 1. The molecule has 1 aliphatic rings. The van der Waals surface area contributed by atoms with Crippen LogP contribution in [0.15, 0.2) is 5.38 Å². The lowest BCUT2D eigenvalue weighted by Crippen LogP contribution is -2.24. The molecule has 5 heteroatoms. The number of carbonyl (C=O) groups is 1. The molecule has 4 nitrogen and oxygen atoms in total. The second-order valence-corrected chi connectivity index (χ2v) is 5.59. The first kappa shape index (κ1) is 12.5. The molecule has 1 atom stereocenters.